The van der Waals surface area contributed by atoms with Crippen LogP contribution in [0.25, 0.3) is 21.8 Å². The maximum absolute atomic E-state index is 15.0. The number of halogens is 1. The van der Waals surface area contributed by atoms with Crippen LogP contribution in [0.5, 0.6) is 0 Å². The number of hydrogen-bond donors (Lipinski definition) is 1. The van der Waals surface area contributed by atoms with E-state index in [1.807, 2.05) is 12.1 Å². The summed E-state index contributed by atoms with van der Waals surface area (Å²) in [7, 11) is 3.41. The Hall–Kier alpha value is -3.59. The Balaban J connectivity index is 1.62. The van der Waals surface area contributed by atoms with Gasteiger partial charge < -0.3 is 15.4 Å². The Kier molecular flexibility index (Phi) is 4.14. The second-order valence-corrected chi connectivity index (χ2v) is 7.36. The van der Waals surface area contributed by atoms with Crippen LogP contribution in [-0.2, 0) is 18.4 Å². The Morgan fingerprint density at radius 2 is 2.20 bits per heavy atom. The molecule has 0 unspecified atom stereocenters. The number of hydrogen-bond acceptors (Lipinski definition) is 6. The van der Waals surface area contributed by atoms with Gasteiger partial charge in [-0.1, -0.05) is 6.07 Å². The molecular weight excluding hydrogens is 387 g/mol. The lowest BCUT2D eigenvalue weighted by Crippen LogP contribution is -2.37. The van der Waals surface area contributed by atoms with Gasteiger partial charge in [0.1, 0.15) is 11.6 Å². The molecule has 1 aliphatic heterocycles. The van der Waals surface area contributed by atoms with Crippen LogP contribution < -0.4 is 5.73 Å². The summed E-state index contributed by atoms with van der Waals surface area (Å²) in [5, 5.41) is 5.49. The fraction of sp³-hybridized carbons (Fsp3) is 0.238. The van der Waals surface area contributed by atoms with E-state index in [0.29, 0.717) is 35.0 Å². The Labute approximate surface area is 171 Å². The number of nitrogen functional groups attached to an aromatic ring is 1. The summed E-state index contributed by atoms with van der Waals surface area (Å²) in [4.78, 5) is 23.4. The standard InChI is InChI=1S/C21H19FN6O2/c1-27(18-10-30-9-17-11(18)4-3-5-24-17)21(29)12-6-13-16(7-15(12)22)26-20(23)14-8-25-28(2)19(13)14/h3-8,18H,9-10H2,1-2H3,(H2,23,26)/t18-/m0/s1. The van der Waals surface area contributed by atoms with Gasteiger partial charge in [0.25, 0.3) is 5.91 Å². The highest BCUT2D eigenvalue weighted by Gasteiger charge is 2.30. The molecule has 3 aromatic heterocycles. The molecule has 0 saturated heterocycles. The maximum Gasteiger partial charge on any atom is 0.257 e. The fourth-order valence-corrected chi connectivity index (χ4v) is 4.03. The SMILES string of the molecule is CN(C(=O)c1cc2c(cc1F)nc(N)c1cnn(C)c12)[C@H]1COCc2ncccc21. The highest BCUT2D eigenvalue weighted by molar-refractivity contribution is 6.10. The van der Waals surface area contributed by atoms with Crippen molar-refractivity contribution in [1.82, 2.24) is 24.6 Å². The molecule has 8 nitrogen and oxygen atoms in total. The largest absolute Gasteiger partial charge is 0.383 e. The summed E-state index contributed by atoms with van der Waals surface area (Å²) >= 11 is 0. The van der Waals surface area contributed by atoms with Gasteiger partial charge in [0, 0.05) is 37.3 Å². The fourth-order valence-electron chi connectivity index (χ4n) is 4.03. The highest BCUT2D eigenvalue weighted by Crippen LogP contribution is 2.32. The number of fused-ring (bicyclic) bond motifs is 4. The van der Waals surface area contributed by atoms with Crippen LogP contribution in [0.3, 0.4) is 0 Å². The number of nitrogens with zero attached hydrogens (tertiary/aromatic N) is 5. The van der Waals surface area contributed by atoms with Gasteiger partial charge in [-0.25, -0.2) is 9.37 Å². The van der Waals surface area contributed by atoms with Crippen LogP contribution in [0.15, 0.2) is 36.7 Å². The van der Waals surface area contributed by atoms with Crippen molar-refractivity contribution in [2.75, 3.05) is 19.4 Å². The molecule has 0 aliphatic carbocycles. The van der Waals surface area contributed by atoms with E-state index in [9.17, 15) is 9.18 Å². The predicted molar refractivity (Wildman–Crippen MR) is 109 cm³/mol. The monoisotopic (exact) mass is 406 g/mol. The number of rotatable bonds is 2. The normalized spacial score (nSPS) is 16.0. The number of carbonyl (C=O) groups excluding carboxylic acids is 1. The van der Waals surface area contributed by atoms with Crippen LogP contribution in [0.1, 0.15) is 27.7 Å². The van der Waals surface area contributed by atoms with E-state index >= 15 is 0 Å². The number of nitrogens with two attached hydrogens (primary N) is 1. The quantitative estimate of drug-likeness (QED) is 0.549. The summed E-state index contributed by atoms with van der Waals surface area (Å²) in [5.74, 6) is -0.840. The Morgan fingerprint density at radius 1 is 1.37 bits per heavy atom. The van der Waals surface area contributed by atoms with Crippen LogP contribution in [0, 0.1) is 5.82 Å². The summed E-state index contributed by atoms with van der Waals surface area (Å²) in [6.07, 6.45) is 3.30. The average molecular weight is 406 g/mol. The predicted octanol–water partition coefficient (Wildman–Crippen LogP) is 2.58. The average Bonchev–Trinajstić information content (AvgIpc) is 3.14. The smallest absolute Gasteiger partial charge is 0.257 e. The van der Waals surface area contributed by atoms with E-state index in [1.54, 1.807) is 31.2 Å². The van der Waals surface area contributed by atoms with Gasteiger partial charge in [-0.15, -0.1) is 0 Å². The molecule has 0 bridgehead atoms. The highest BCUT2D eigenvalue weighted by atomic mass is 19.1. The molecule has 4 heterocycles. The number of amides is 1. The van der Waals surface area contributed by atoms with E-state index in [-0.39, 0.29) is 17.4 Å². The molecular formula is C21H19FN6O2. The first-order chi connectivity index (χ1) is 14.5. The van der Waals surface area contributed by atoms with E-state index in [0.717, 1.165) is 11.3 Å². The number of anilines is 1. The van der Waals surface area contributed by atoms with Crippen molar-refractivity contribution in [3.63, 3.8) is 0 Å². The molecule has 5 rings (SSSR count). The lowest BCUT2D eigenvalue weighted by Gasteiger charge is -2.32. The van der Waals surface area contributed by atoms with Gasteiger partial charge in [-0.05, 0) is 12.1 Å². The van der Waals surface area contributed by atoms with E-state index in [2.05, 4.69) is 15.1 Å². The zero-order valence-corrected chi connectivity index (χ0v) is 16.5. The minimum Gasteiger partial charge on any atom is -0.383 e. The molecule has 9 heteroatoms. The summed E-state index contributed by atoms with van der Waals surface area (Å²) in [6.45, 7) is 0.713. The van der Waals surface area contributed by atoms with Crippen molar-refractivity contribution in [2.24, 2.45) is 7.05 Å². The number of aryl methyl sites for hydroxylation is 1. The number of ether oxygens (including phenoxy) is 1. The van der Waals surface area contributed by atoms with Crippen LogP contribution >= 0.6 is 0 Å². The molecule has 0 fully saturated rings. The minimum atomic E-state index is -0.657. The van der Waals surface area contributed by atoms with Crippen molar-refractivity contribution in [1.29, 1.82) is 0 Å². The molecule has 152 valence electrons. The van der Waals surface area contributed by atoms with Crippen LogP contribution in [-0.4, -0.2) is 44.2 Å². The van der Waals surface area contributed by atoms with Crippen molar-refractivity contribution in [2.45, 2.75) is 12.6 Å². The van der Waals surface area contributed by atoms with Crippen molar-refractivity contribution >= 4 is 33.5 Å². The van der Waals surface area contributed by atoms with Gasteiger partial charge in [0.15, 0.2) is 0 Å². The third kappa shape index (κ3) is 2.70. The molecule has 30 heavy (non-hydrogen) atoms. The van der Waals surface area contributed by atoms with Gasteiger partial charge in [0.2, 0.25) is 0 Å². The summed E-state index contributed by atoms with van der Waals surface area (Å²) in [5.41, 5.74) is 8.70. The topological polar surface area (TPSA) is 99.2 Å². The van der Waals surface area contributed by atoms with Crippen LogP contribution in [0.4, 0.5) is 10.2 Å². The number of carbonyl (C=O) groups is 1. The molecule has 0 radical (unpaired) electrons. The first kappa shape index (κ1) is 18.4. The van der Waals surface area contributed by atoms with E-state index < -0.39 is 11.7 Å². The molecule has 0 spiro atoms. The summed E-state index contributed by atoms with van der Waals surface area (Å²) in [6, 6.07) is 6.15. The summed E-state index contributed by atoms with van der Waals surface area (Å²) < 4.78 is 22.2. The van der Waals surface area contributed by atoms with Crippen molar-refractivity contribution < 1.29 is 13.9 Å². The lowest BCUT2D eigenvalue weighted by atomic mass is 10.0. The number of aromatic nitrogens is 4. The third-order valence-electron chi connectivity index (χ3n) is 5.61. The second-order valence-electron chi connectivity index (χ2n) is 7.36. The van der Waals surface area contributed by atoms with Gasteiger partial charge in [-0.3, -0.25) is 14.5 Å². The van der Waals surface area contributed by atoms with Gasteiger partial charge in [-0.2, -0.15) is 5.10 Å². The Bertz CT molecular complexity index is 1320. The molecule has 1 amide bonds. The molecule has 1 aromatic carbocycles. The maximum atomic E-state index is 15.0. The second kappa shape index (κ2) is 6.74. The molecule has 0 saturated carbocycles. The van der Waals surface area contributed by atoms with Crippen molar-refractivity contribution in [3.8, 4) is 0 Å². The van der Waals surface area contributed by atoms with Crippen LogP contribution in [0.2, 0.25) is 0 Å². The number of pyridine rings is 2. The lowest BCUT2D eigenvalue weighted by molar-refractivity contribution is 0.0327. The molecule has 2 N–H and O–H groups in total. The van der Waals surface area contributed by atoms with E-state index in [1.165, 1.54) is 17.0 Å². The first-order valence-electron chi connectivity index (χ1n) is 9.45. The zero-order chi connectivity index (χ0) is 21.0. The van der Waals surface area contributed by atoms with Gasteiger partial charge in [0.05, 0.1) is 53.1 Å². The number of likely N-dealkylation sites (N-methyl/N-ethyl adjacent to an activating group) is 1. The molecule has 1 atom stereocenters. The Morgan fingerprint density at radius 3 is 3.03 bits per heavy atom. The number of benzene rings is 1. The molecule has 4 aromatic rings. The van der Waals surface area contributed by atoms with E-state index in [4.69, 9.17) is 10.5 Å². The van der Waals surface area contributed by atoms with Gasteiger partial charge >= 0.3 is 0 Å². The minimum absolute atomic E-state index is 0.0462. The zero-order valence-electron chi connectivity index (χ0n) is 16.5. The van der Waals surface area contributed by atoms with Crippen molar-refractivity contribution in [3.05, 3.63) is 59.3 Å². The molecule has 1 aliphatic rings. The third-order valence-corrected chi connectivity index (χ3v) is 5.61. The first-order valence-corrected chi connectivity index (χ1v) is 9.45.